The Hall–Kier alpha value is -1.56. The van der Waals surface area contributed by atoms with E-state index in [4.69, 9.17) is 11.5 Å². The average Bonchev–Trinajstić information content (AvgIpc) is 2.60. The summed E-state index contributed by atoms with van der Waals surface area (Å²) in [5.74, 6) is 0.972. The Bertz CT molecular complexity index is 410. The summed E-state index contributed by atoms with van der Waals surface area (Å²) in [5, 5.41) is 6.73. The molecular weight excluding hydrogens is 186 g/mol. The fourth-order valence-electron chi connectivity index (χ4n) is 1.02. The van der Waals surface area contributed by atoms with Crippen molar-refractivity contribution in [3.63, 3.8) is 0 Å². The molecule has 6 heteroatoms. The number of anilines is 2. The zero-order valence-corrected chi connectivity index (χ0v) is 7.88. The lowest BCUT2D eigenvalue weighted by atomic mass is 10.3. The highest BCUT2D eigenvalue weighted by atomic mass is 32.1. The fraction of sp³-hybridized carbons (Fsp3) is 0.143. The molecule has 4 N–H and O–H groups in total. The SMILES string of the molecule is Cn1nc(-c2ccsc2N)nc1N. The minimum Gasteiger partial charge on any atom is -0.390 e. The van der Waals surface area contributed by atoms with Gasteiger partial charge in [0.25, 0.3) is 0 Å². The second kappa shape index (κ2) is 2.74. The Morgan fingerprint density at radius 3 is 2.69 bits per heavy atom. The molecule has 0 amide bonds. The van der Waals surface area contributed by atoms with Crippen molar-refractivity contribution < 1.29 is 0 Å². The molecule has 2 aromatic rings. The third-order valence-corrected chi connectivity index (χ3v) is 2.48. The van der Waals surface area contributed by atoms with Gasteiger partial charge in [-0.2, -0.15) is 4.98 Å². The van der Waals surface area contributed by atoms with Crippen molar-refractivity contribution in [1.29, 1.82) is 0 Å². The summed E-state index contributed by atoms with van der Waals surface area (Å²) >= 11 is 1.46. The van der Waals surface area contributed by atoms with E-state index in [-0.39, 0.29) is 0 Å². The second-order valence-corrected chi connectivity index (χ2v) is 3.56. The highest BCUT2D eigenvalue weighted by Gasteiger charge is 2.10. The van der Waals surface area contributed by atoms with Gasteiger partial charge in [-0.15, -0.1) is 16.4 Å². The third-order valence-electron chi connectivity index (χ3n) is 1.73. The number of hydrogen-bond donors (Lipinski definition) is 2. The largest absolute Gasteiger partial charge is 0.390 e. The number of nitrogens with zero attached hydrogens (tertiary/aromatic N) is 3. The van der Waals surface area contributed by atoms with Crippen LogP contribution < -0.4 is 11.5 Å². The van der Waals surface area contributed by atoms with Crippen LogP contribution in [-0.4, -0.2) is 14.8 Å². The molecule has 0 bridgehead atoms. The van der Waals surface area contributed by atoms with Crippen LogP contribution in [0.1, 0.15) is 0 Å². The lowest BCUT2D eigenvalue weighted by molar-refractivity contribution is 0.781. The van der Waals surface area contributed by atoms with Crippen molar-refractivity contribution in [1.82, 2.24) is 14.8 Å². The van der Waals surface area contributed by atoms with Crippen molar-refractivity contribution in [2.24, 2.45) is 7.05 Å². The van der Waals surface area contributed by atoms with Crippen LogP contribution in [0.25, 0.3) is 11.4 Å². The lowest BCUT2D eigenvalue weighted by Gasteiger charge is -1.90. The number of hydrogen-bond acceptors (Lipinski definition) is 5. The van der Waals surface area contributed by atoms with Crippen LogP contribution >= 0.6 is 11.3 Å². The summed E-state index contributed by atoms with van der Waals surface area (Å²) in [6.07, 6.45) is 0. The quantitative estimate of drug-likeness (QED) is 0.702. The molecule has 0 aromatic carbocycles. The zero-order valence-electron chi connectivity index (χ0n) is 7.06. The first-order valence-electron chi connectivity index (χ1n) is 3.68. The van der Waals surface area contributed by atoms with Gasteiger partial charge in [0.05, 0.1) is 10.6 Å². The lowest BCUT2D eigenvalue weighted by Crippen LogP contribution is -1.97. The van der Waals surface area contributed by atoms with Crippen LogP contribution in [0, 0.1) is 0 Å². The van der Waals surface area contributed by atoms with E-state index >= 15 is 0 Å². The van der Waals surface area contributed by atoms with Gasteiger partial charge in [0, 0.05) is 7.05 Å². The molecule has 0 aliphatic heterocycles. The number of nitrogens with two attached hydrogens (primary N) is 2. The van der Waals surface area contributed by atoms with Gasteiger partial charge in [-0.05, 0) is 11.4 Å². The Balaban J connectivity index is 2.53. The topological polar surface area (TPSA) is 82.8 Å². The smallest absolute Gasteiger partial charge is 0.218 e. The van der Waals surface area contributed by atoms with Crippen LogP contribution in [0.3, 0.4) is 0 Å². The second-order valence-electron chi connectivity index (χ2n) is 2.62. The van der Waals surface area contributed by atoms with Gasteiger partial charge in [0.2, 0.25) is 5.95 Å². The molecule has 2 rings (SSSR count). The van der Waals surface area contributed by atoms with E-state index in [0.717, 1.165) is 5.56 Å². The maximum absolute atomic E-state index is 5.72. The first-order valence-corrected chi connectivity index (χ1v) is 4.56. The summed E-state index contributed by atoms with van der Waals surface area (Å²) in [7, 11) is 1.74. The maximum atomic E-state index is 5.72. The Morgan fingerprint density at radius 1 is 1.46 bits per heavy atom. The number of aromatic nitrogens is 3. The maximum Gasteiger partial charge on any atom is 0.218 e. The van der Waals surface area contributed by atoms with E-state index in [2.05, 4.69) is 10.1 Å². The zero-order chi connectivity index (χ0) is 9.42. The molecule has 5 nitrogen and oxygen atoms in total. The van der Waals surface area contributed by atoms with Gasteiger partial charge in [0.1, 0.15) is 0 Å². The van der Waals surface area contributed by atoms with Crippen molar-refractivity contribution in [2.45, 2.75) is 0 Å². The predicted molar refractivity (Wildman–Crippen MR) is 53.1 cm³/mol. The number of rotatable bonds is 1. The molecule has 68 valence electrons. The summed E-state index contributed by atoms with van der Waals surface area (Å²) in [6, 6.07) is 1.88. The van der Waals surface area contributed by atoms with E-state index in [0.29, 0.717) is 16.8 Å². The molecule has 0 aliphatic rings. The number of aryl methyl sites for hydroxylation is 1. The van der Waals surface area contributed by atoms with E-state index in [1.807, 2.05) is 11.4 Å². The number of thiophene rings is 1. The van der Waals surface area contributed by atoms with E-state index in [1.165, 1.54) is 16.0 Å². The predicted octanol–water partition coefficient (Wildman–Crippen LogP) is 0.708. The molecule has 0 atom stereocenters. The minimum absolute atomic E-state index is 0.389. The molecule has 2 heterocycles. The Kier molecular flexibility index (Phi) is 1.70. The summed E-state index contributed by atoms with van der Waals surface area (Å²) in [4.78, 5) is 4.07. The molecular formula is C7H9N5S. The van der Waals surface area contributed by atoms with Crippen LogP contribution in [0.5, 0.6) is 0 Å². The van der Waals surface area contributed by atoms with Crippen molar-refractivity contribution in [2.75, 3.05) is 11.5 Å². The van der Waals surface area contributed by atoms with Crippen molar-refractivity contribution in [3.05, 3.63) is 11.4 Å². The van der Waals surface area contributed by atoms with Crippen molar-refractivity contribution >= 4 is 22.3 Å². The van der Waals surface area contributed by atoms with Crippen LogP contribution in [0.15, 0.2) is 11.4 Å². The van der Waals surface area contributed by atoms with Crippen molar-refractivity contribution in [3.8, 4) is 11.4 Å². The van der Waals surface area contributed by atoms with Gasteiger partial charge in [-0.3, -0.25) is 0 Å². The van der Waals surface area contributed by atoms with Crippen LogP contribution in [-0.2, 0) is 7.05 Å². The molecule has 2 aromatic heterocycles. The summed E-state index contributed by atoms with van der Waals surface area (Å²) < 4.78 is 1.52. The van der Waals surface area contributed by atoms with Gasteiger partial charge < -0.3 is 11.5 Å². The minimum atomic E-state index is 0.389. The van der Waals surface area contributed by atoms with E-state index < -0.39 is 0 Å². The molecule has 0 spiro atoms. The summed E-state index contributed by atoms with van der Waals surface area (Å²) in [5.41, 5.74) is 12.1. The van der Waals surface area contributed by atoms with Gasteiger partial charge >= 0.3 is 0 Å². The van der Waals surface area contributed by atoms with Gasteiger partial charge in [-0.25, -0.2) is 4.68 Å². The first kappa shape index (κ1) is 8.06. The van der Waals surface area contributed by atoms with Gasteiger partial charge in [0.15, 0.2) is 5.82 Å². The molecule has 0 fully saturated rings. The van der Waals surface area contributed by atoms with E-state index in [9.17, 15) is 0 Å². The molecule has 0 radical (unpaired) electrons. The molecule has 0 unspecified atom stereocenters. The summed E-state index contributed by atoms with van der Waals surface area (Å²) in [6.45, 7) is 0. The third kappa shape index (κ3) is 1.25. The van der Waals surface area contributed by atoms with Crippen LogP contribution in [0.4, 0.5) is 10.9 Å². The van der Waals surface area contributed by atoms with E-state index in [1.54, 1.807) is 7.05 Å². The average molecular weight is 195 g/mol. The molecule has 13 heavy (non-hydrogen) atoms. The van der Waals surface area contributed by atoms with Gasteiger partial charge in [-0.1, -0.05) is 0 Å². The standard InChI is InChI=1S/C7H9N5S/c1-12-7(9)10-6(11-12)4-2-3-13-5(4)8/h2-3H,8H2,1H3,(H2,9,10,11). The fourth-order valence-corrected chi connectivity index (χ4v) is 1.65. The first-order chi connectivity index (χ1) is 6.18. The molecule has 0 aliphatic carbocycles. The van der Waals surface area contributed by atoms with Crippen LogP contribution in [0.2, 0.25) is 0 Å². The molecule has 0 saturated carbocycles. The number of nitrogen functional groups attached to an aromatic ring is 2. The Morgan fingerprint density at radius 2 is 2.23 bits per heavy atom. The normalized spacial score (nSPS) is 10.5. The molecule has 0 saturated heterocycles. The highest BCUT2D eigenvalue weighted by Crippen LogP contribution is 2.28. The monoisotopic (exact) mass is 195 g/mol. The highest BCUT2D eigenvalue weighted by molar-refractivity contribution is 7.14. The Labute approximate surface area is 79.0 Å².